The predicted octanol–water partition coefficient (Wildman–Crippen LogP) is 3.88. The van der Waals surface area contributed by atoms with E-state index in [1.807, 2.05) is 48.5 Å². The third-order valence-corrected chi connectivity index (χ3v) is 3.05. The maximum absolute atomic E-state index is 11.7. The van der Waals surface area contributed by atoms with Crippen LogP contribution in [0.15, 0.2) is 70.2 Å². The highest BCUT2D eigenvalue weighted by atomic mass is 79.9. The summed E-state index contributed by atoms with van der Waals surface area (Å²) in [7, 11) is 0. The molecule has 0 unspecified atom stereocenters. The Labute approximate surface area is 126 Å². The van der Waals surface area contributed by atoms with E-state index < -0.39 is 0 Å². The fourth-order valence-corrected chi connectivity index (χ4v) is 1.79. The molecule has 100 valence electrons. The van der Waals surface area contributed by atoms with E-state index in [0.29, 0.717) is 5.56 Å². The van der Waals surface area contributed by atoms with Crippen LogP contribution < -0.4 is 5.43 Å². The second kappa shape index (κ2) is 7.40. The molecular formula is C16H13BrN2O. The Morgan fingerprint density at radius 1 is 1.05 bits per heavy atom. The lowest BCUT2D eigenvalue weighted by molar-refractivity contribution is 0.0955. The van der Waals surface area contributed by atoms with Crippen molar-refractivity contribution in [3.8, 4) is 0 Å². The summed E-state index contributed by atoms with van der Waals surface area (Å²) >= 11 is 3.32. The van der Waals surface area contributed by atoms with Crippen LogP contribution >= 0.6 is 15.9 Å². The lowest BCUT2D eigenvalue weighted by atomic mass is 10.2. The van der Waals surface area contributed by atoms with E-state index in [0.717, 1.165) is 10.0 Å². The maximum Gasteiger partial charge on any atom is 0.271 e. The largest absolute Gasteiger partial charge is 0.271 e. The number of nitrogens with zero attached hydrogens (tertiary/aromatic N) is 1. The number of hydrogen-bond donors (Lipinski definition) is 1. The predicted molar refractivity (Wildman–Crippen MR) is 85.6 cm³/mol. The summed E-state index contributed by atoms with van der Waals surface area (Å²) in [6, 6.07) is 17.0. The lowest BCUT2D eigenvalue weighted by Crippen LogP contribution is -2.17. The first kappa shape index (κ1) is 14.2. The van der Waals surface area contributed by atoms with Crippen molar-refractivity contribution in [3.63, 3.8) is 0 Å². The minimum Gasteiger partial charge on any atom is -0.267 e. The Hall–Kier alpha value is -2.20. The van der Waals surface area contributed by atoms with E-state index in [9.17, 15) is 4.79 Å². The van der Waals surface area contributed by atoms with Gasteiger partial charge in [0.2, 0.25) is 0 Å². The summed E-state index contributed by atoms with van der Waals surface area (Å²) in [5.41, 5.74) is 4.12. The van der Waals surface area contributed by atoms with Gasteiger partial charge >= 0.3 is 0 Å². The molecule has 2 aromatic carbocycles. The van der Waals surface area contributed by atoms with Crippen LogP contribution in [-0.2, 0) is 0 Å². The van der Waals surface area contributed by atoms with Gasteiger partial charge in [0.15, 0.2) is 0 Å². The number of amides is 1. The molecule has 0 saturated carbocycles. The molecule has 0 saturated heterocycles. The summed E-state index contributed by atoms with van der Waals surface area (Å²) < 4.78 is 0.934. The van der Waals surface area contributed by atoms with Gasteiger partial charge in [0, 0.05) is 16.3 Å². The Bertz CT molecular complexity index is 619. The number of carbonyl (C=O) groups excluding carboxylic acids is 1. The van der Waals surface area contributed by atoms with Gasteiger partial charge in [0.25, 0.3) is 5.91 Å². The Morgan fingerprint density at radius 2 is 1.75 bits per heavy atom. The summed E-state index contributed by atoms with van der Waals surface area (Å²) in [4.78, 5) is 11.7. The highest BCUT2D eigenvalue weighted by Crippen LogP contribution is 2.10. The van der Waals surface area contributed by atoms with Crippen LogP contribution in [0.5, 0.6) is 0 Å². The Morgan fingerprint density at radius 3 is 2.45 bits per heavy atom. The van der Waals surface area contributed by atoms with Crippen LogP contribution in [0, 0.1) is 0 Å². The monoisotopic (exact) mass is 328 g/mol. The molecule has 2 aromatic rings. The maximum atomic E-state index is 11.7. The van der Waals surface area contributed by atoms with Crippen molar-refractivity contribution >= 4 is 34.1 Å². The standard InChI is InChI=1S/C16H13BrN2O/c17-15-10-8-14(9-11-15)16(20)19-18-12-4-7-13-5-2-1-3-6-13/h1-12H,(H,19,20)/b7-4+,18-12-. The van der Waals surface area contributed by atoms with Gasteiger partial charge in [-0.3, -0.25) is 4.79 Å². The lowest BCUT2D eigenvalue weighted by Gasteiger charge is -1.98. The normalized spacial score (nSPS) is 11.1. The van der Waals surface area contributed by atoms with Crippen LogP contribution in [0.2, 0.25) is 0 Å². The second-order valence-electron chi connectivity index (χ2n) is 4.00. The van der Waals surface area contributed by atoms with E-state index in [1.54, 1.807) is 24.4 Å². The van der Waals surface area contributed by atoms with Gasteiger partial charge in [-0.1, -0.05) is 52.3 Å². The summed E-state index contributed by atoms with van der Waals surface area (Å²) in [6.45, 7) is 0. The summed E-state index contributed by atoms with van der Waals surface area (Å²) in [5, 5.41) is 3.86. The fraction of sp³-hybridized carbons (Fsp3) is 0. The van der Waals surface area contributed by atoms with E-state index in [2.05, 4.69) is 26.5 Å². The number of allylic oxidation sites excluding steroid dienone is 1. The molecule has 0 aliphatic carbocycles. The molecule has 0 fully saturated rings. The summed E-state index contributed by atoms with van der Waals surface area (Å²) in [6.07, 6.45) is 5.23. The third-order valence-electron chi connectivity index (χ3n) is 2.52. The van der Waals surface area contributed by atoms with E-state index >= 15 is 0 Å². The highest BCUT2D eigenvalue weighted by Gasteiger charge is 2.02. The molecule has 4 heteroatoms. The first-order valence-corrected chi connectivity index (χ1v) is 6.86. The van der Waals surface area contributed by atoms with Gasteiger partial charge in [-0.15, -0.1) is 0 Å². The van der Waals surface area contributed by atoms with E-state index in [4.69, 9.17) is 0 Å². The van der Waals surface area contributed by atoms with Crippen molar-refractivity contribution in [1.82, 2.24) is 5.43 Å². The zero-order valence-corrected chi connectivity index (χ0v) is 12.2. The SMILES string of the molecule is O=C(N/N=C\C=C\c1ccccc1)c1ccc(Br)cc1. The minimum atomic E-state index is -0.234. The number of hydrazone groups is 1. The van der Waals surface area contributed by atoms with Crippen LogP contribution in [-0.4, -0.2) is 12.1 Å². The van der Waals surface area contributed by atoms with Crippen LogP contribution in [0.1, 0.15) is 15.9 Å². The Balaban J connectivity index is 1.86. The molecule has 1 amide bonds. The van der Waals surface area contributed by atoms with Crippen LogP contribution in [0.4, 0.5) is 0 Å². The zero-order chi connectivity index (χ0) is 14.2. The van der Waals surface area contributed by atoms with Crippen molar-refractivity contribution < 1.29 is 4.79 Å². The molecule has 1 N–H and O–H groups in total. The first-order valence-electron chi connectivity index (χ1n) is 6.06. The summed E-state index contributed by atoms with van der Waals surface area (Å²) in [5.74, 6) is -0.234. The fourth-order valence-electron chi connectivity index (χ4n) is 1.52. The molecule has 20 heavy (non-hydrogen) atoms. The van der Waals surface area contributed by atoms with Crippen molar-refractivity contribution in [1.29, 1.82) is 0 Å². The second-order valence-corrected chi connectivity index (χ2v) is 4.91. The molecule has 0 spiro atoms. The molecule has 0 heterocycles. The van der Waals surface area contributed by atoms with E-state index in [1.165, 1.54) is 0 Å². The smallest absolute Gasteiger partial charge is 0.267 e. The number of rotatable bonds is 4. The van der Waals surface area contributed by atoms with Gasteiger partial charge in [0.05, 0.1) is 0 Å². The van der Waals surface area contributed by atoms with Crippen LogP contribution in [0.25, 0.3) is 6.08 Å². The number of hydrogen-bond acceptors (Lipinski definition) is 2. The van der Waals surface area contributed by atoms with Gasteiger partial charge in [0.1, 0.15) is 0 Å². The van der Waals surface area contributed by atoms with Crippen molar-refractivity contribution in [2.24, 2.45) is 5.10 Å². The molecule has 0 aliphatic heterocycles. The first-order chi connectivity index (χ1) is 9.75. The zero-order valence-electron chi connectivity index (χ0n) is 10.7. The molecular weight excluding hydrogens is 316 g/mol. The molecule has 2 rings (SSSR count). The topological polar surface area (TPSA) is 41.5 Å². The van der Waals surface area contributed by atoms with Crippen LogP contribution in [0.3, 0.4) is 0 Å². The number of carbonyl (C=O) groups is 1. The highest BCUT2D eigenvalue weighted by molar-refractivity contribution is 9.10. The van der Waals surface area contributed by atoms with Gasteiger partial charge in [-0.25, -0.2) is 5.43 Å². The van der Waals surface area contributed by atoms with Gasteiger partial charge in [-0.2, -0.15) is 5.10 Å². The molecule has 0 bridgehead atoms. The quantitative estimate of drug-likeness (QED) is 0.671. The minimum absolute atomic E-state index is 0.234. The molecule has 0 aliphatic rings. The van der Waals surface area contributed by atoms with Gasteiger partial charge < -0.3 is 0 Å². The van der Waals surface area contributed by atoms with Crippen molar-refractivity contribution in [2.75, 3.05) is 0 Å². The van der Waals surface area contributed by atoms with Gasteiger partial charge in [-0.05, 0) is 35.9 Å². The third kappa shape index (κ3) is 4.48. The molecule has 3 nitrogen and oxygen atoms in total. The van der Waals surface area contributed by atoms with Crippen molar-refractivity contribution in [3.05, 3.63) is 76.3 Å². The molecule has 0 atom stereocenters. The number of halogens is 1. The molecule has 0 aromatic heterocycles. The van der Waals surface area contributed by atoms with Crippen molar-refractivity contribution in [2.45, 2.75) is 0 Å². The average molecular weight is 329 g/mol. The number of nitrogens with one attached hydrogen (secondary N) is 1. The average Bonchev–Trinajstić information content (AvgIpc) is 2.48. The molecule has 0 radical (unpaired) electrons. The Kier molecular flexibility index (Phi) is 5.26. The van der Waals surface area contributed by atoms with E-state index in [-0.39, 0.29) is 5.91 Å². The number of benzene rings is 2.